The summed E-state index contributed by atoms with van der Waals surface area (Å²) in [5, 5.41) is 2.54. The van der Waals surface area contributed by atoms with E-state index in [2.05, 4.69) is 5.32 Å². The standard InChI is InChI=1S/C17H11Cl2NO3S/c18-12-6-11(7-14-16(21)20-17(22)24-14)15(13(19)8-12)23-9-10-4-2-1-3-5-10/h1-8H,9H2,(H,20,21,22)/b14-7-. The summed E-state index contributed by atoms with van der Waals surface area (Å²) in [6, 6.07) is 12.8. The molecule has 122 valence electrons. The maximum absolute atomic E-state index is 11.7. The number of carbonyl (C=O) groups is 2. The smallest absolute Gasteiger partial charge is 0.290 e. The molecule has 1 heterocycles. The van der Waals surface area contributed by atoms with Gasteiger partial charge in [-0.1, -0.05) is 53.5 Å². The predicted octanol–water partition coefficient (Wildman–Crippen LogP) is 4.90. The summed E-state index contributed by atoms with van der Waals surface area (Å²) < 4.78 is 5.82. The molecule has 0 bridgehead atoms. The molecule has 24 heavy (non-hydrogen) atoms. The number of benzene rings is 2. The highest BCUT2D eigenvalue weighted by atomic mass is 35.5. The first-order valence-corrected chi connectivity index (χ1v) is 8.51. The maximum Gasteiger partial charge on any atom is 0.290 e. The Morgan fingerprint density at radius 3 is 2.54 bits per heavy atom. The van der Waals surface area contributed by atoms with Crippen molar-refractivity contribution < 1.29 is 14.3 Å². The Kier molecular flexibility index (Phi) is 5.14. The highest BCUT2D eigenvalue weighted by Crippen LogP contribution is 2.36. The lowest BCUT2D eigenvalue weighted by atomic mass is 10.1. The molecule has 2 amide bonds. The van der Waals surface area contributed by atoms with Gasteiger partial charge in [-0.2, -0.15) is 0 Å². The summed E-state index contributed by atoms with van der Waals surface area (Å²) >= 11 is 13.1. The summed E-state index contributed by atoms with van der Waals surface area (Å²) in [4.78, 5) is 23.3. The van der Waals surface area contributed by atoms with Crippen molar-refractivity contribution in [1.29, 1.82) is 0 Å². The van der Waals surface area contributed by atoms with Crippen LogP contribution in [0.3, 0.4) is 0 Å². The van der Waals surface area contributed by atoms with E-state index < -0.39 is 11.1 Å². The second-order valence-corrected chi connectivity index (χ2v) is 6.79. The SMILES string of the molecule is O=C1NC(=O)/C(=C/c2cc(Cl)cc(Cl)c2OCc2ccccc2)S1. The molecule has 2 aromatic carbocycles. The van der Waals surface area contributed by atoms with E-state index >= 15 is 0 Å². The van der Waals surface area contributed by atoms with Crippen LogP contribution in [-0.2, 0) is 11.4 Å². The Hall–Kier alpha value is -1.95. The minimum Gasteiger partial charge on any atom is -0.487 e. The van der Waals surface area contributed by atoms with E-state index in [9.17, 15) is 9.59 Å². The van der Waals surface area contributed by atoms with Gasteiger partial charge in [0.1, 0.15) is 12.4 Å². The Bertz CT molecular complexity index is 837. The number of hydrogen-bond donors (Lipinski definition) is 1. The lowest BCUT2D eigenvalue weighted by Gasteiger charge is -2.12. The lowest BCUT2D eigenvalue weighted by molar-refractivity contribution is -0.115. The molecule has 7 heteroatoms. The summed E-state index contributed by atoms with van der Waals surface area (Å²) in [5.41, 5.74) is 1.51. The zero-order chi connectivity index (χ0) is 17.1. The average molecular weight is 380 g/mol. The average Bonchev–Trinajstić information content (AvgIpc) is 2.85. The fourth-order valence-corrected chi connectivity index (χ4v) is 3.37. The van der Waals surface area contributed by atoms with Crippen molar-refractivity contribution in [2.24, 2.45) is 0 Å². The maximum atomic E-state index is 11.7. The van der Waals surface area contributed by atoms with Gasteiger partial charge < -0.3 is 4.74 Å². The van der Waals surface area contributed by atoms with Gasteiger partial charge in [-0.25, -0.2) is 0 Å². The van der Waals surface area contributed by atoms with Gasteiger partial charge in [0.25, 0.3) is 11.1 Å². The number of amides is 2. The number of imide groups is 1. The highest BCUT2D eigenvalue weighted by Gasteiger charge is 2.25. The third-order valence-electron chi connectivity index (χ3n) is 3.19. The number of ether oxygens (including phenoxy) is 1. The first-order chi connectivity index (χ1) is 11.5. The Morgan fingerprint density at radius 2 is 1.88 bits per heavy atom. The Labute approximate surface area is 152 Å². The molecule has 0 radical (unpaired) electrons. The minimum absolute atomic E-state index is 0.267. The molecular formula is C17H11Cl2NO3S. The second kappa shape index (κ2) is 7.30. The van der Waals surface area contributed by atoms with Crippen molar-refractivity contribution in [3.05, 3.63) is 68.5 Å². The second-order valence-electron chi connectivity index (χ2n) is 4.93. The van der Waals surface area contributed by atoms with Gasteiger partial charge in [0.05, 0.1) is 9.93 Å². The van der Waals surface area contributed by atoms with Gasteiger partial charge in [0.15, 0.2) is 0 Å². The summed E-state index contributed by atoms with van der Waals surface area (Å²) in [6.07, 6.45) is 1.54. The molecule has 1 fully saturated rings. The van der Waals surface area contributed by atoms with Gasteiger partial charge in [0.2, 0.25) is 0 Å². The normalized spacial score (nSPS) is 15.7. The molecule has 0 unspecified atom stereocenters. The molecule has 0 atom stereocenters. The molecule has 0 aromatic heterocycles. The molecule has 2 aromatic rings. The molecule has 1 aliphatic rings. The predicted molar refractivity (Wildman–Crippen MR) is 96.3 cm³/mol. The zero-order valence-electron chi connectivity index (χ0n) is 12.2. The zero-order valence-corrected chi connectivity index (χ0v) is 14.5. The van der Waals surface area contributed by atoms with Crippen LogP contribution >= 0.6 is 35.0 Å². The molecule has 1 aliphatic heterocycles. The van der Waals surface area contributed by atoms with Crippen LogP contribution in [0, 0.1) is 0 Å². The van der Waals surface area contributed by atoms with E-state index in [1.54, 1.807) is 18.2 Å². The van der Waals surface area contributed by atoms with Crippen LogP contribution in [0.2, 0.25) is 10.0 Å². The van der Waals surface area contributed by atoms with Crippen LogP contribution in [0.4, 0.5) is 4.79 Å². The molecule has 4 nitrogen and oxygen atoms in total. The van der Waals surface area contributed by atoms with Crippen LogP contribution in [0.25, 0.3) is 6.08 Å². The largest absolute Gasteiger partial charge is 0.487 e. The third-order valence-corrected chi connectivity index (χ3v) is 4.50. The Morgan fingerprint density at radius 1 is 1.12 bits per heavy atom. The van der Waals surface area contributed by atoms with E-state index in [0.29, 0.717) is 28.0 Å². The molecular weight excluding hydrogens is 369 g/mol. The van der Waals surface area contributed by atoms with Crippen molar-refractivity contribution in [2.45, 2.75) is 6.61 Å². The van der Waals surface area contributed by atoms with Crippen molar-refractivity contribution >= 4 is 52.2 Å². The quantitative estimate of drug-likeness (QED) is 0.767. The highest BCUT2D eigenvalue weighted by molar-refractivity contribution is 8.18. The fourth-order valence-electron chi connectivity index (χ4n) is 2.13. The van der Waals surface area contributed by atoms with E-state index in [4.69, 9.17) is 27.9 Å². The van der Waals surface area contributed by atoms with Crippen LogP contribution in [0.1, 0.15) is 11.1 Å². The molecule has 0 spiro atoms. The Balaban J connectivity index is 1.92. The lowest BCUT2D eigenvalue weighted by Crippen LogP contribution is -2.17. The minimum atomic E-state index is -0.449. The van der Waals surface area contributed by atoms with Crippen molar-refractivity contribution in [3.63, 3.8) is 0 Å². The van der Waals surface area contributed by atoms with Crippen molar-refractivity contribution in [3.8, 4) is 5.75 Å². The summed E-state index contributed by atoms with van der Waals surface area (Å²) in [6.45, 7) is 0.316. The summed E-state index contributed by atoms with van der Waals surface area (Å²) in [7, 11) is 0. The third kappa shape index (κ3) is 3.93. The number of nitrogens with one attached hydrogen (secondary N) is 1. The number of hydrogen-bond acceptors (Lipinski definition) is 4. The summed E-state index contributed by atoms with van der Waals surface area (Å²) in [5.74, 6) is -0.0414. The van der Waals surface area contributed by atoms with Gasteiger partial charge in [-0.05, 0) is 35.5 Å². The van der Waals surface area contributed by atoms with Gasteiger partial charge >= 0.3 is 0 Å². The first kappa shape index (κ1) is 16.9. The van der Waals surface area contributed by atoms with Crippen LogP contribution < -0.4 is 10.1 Å². The fraction of sp³-hybridized carbons (Fsp3) is 0.0588. The number of rotatable bonds is 4. The van der Waals surface area contributed by atoms with E-state index in [1.165, 1.54) is 0 Å². The van der Waals surface area contributed by atoms with Crippen LogP contribution in [-0.4, -0.2) is 11.1 Å². The topological polar surface area (TPSA) is 55.4 Å². The molecule has 1 N–H and O–H groups in total. The van der Waals surface area contributed by atoms with Gasteiger partial charge in [-0.3, -0.25) is 14.9 Å². The molecule has 0 saturated carbocycles. The van der Waals surface area contributed by atoms with Crippen LogP contribution in [0.15, 0.2) is 47.4 Å². The van der Waals surface area contributed by atoms with Crippen LogP contribution in [0.5, 0.6) is 5.75 Å². The molecule has 1 saturated heterocycles. The number of halogens is 2. The van der Waals surface area contributed by atoms with E-state index in [-0.39, 0.29) is 4.91 Å². The molecule has 0 aliphatic carbocycles. The molecule has 3 rings (SSSR count). The van der Waals surface area contributed by atoms with E-state index in [0.717, 1.165) is 17.3 Å². The van der Waals surface area contributed by atoms with E-state index in [1.807, 2.05) is 30.3 Å². The first-order valence-electron chi connectivity index (χ1n) is 6.93. The number of thioether (sulfide) groups is 1. The van der Waals surface area contributed by atoms with Crippen molar-refractivity contribution in [2.75, 3.05) is 0 Å². The number of carbonyl (C=O) groups excluding carboxylic acids is 2. The monoisotopic (exact) mass is 379 g/mol. The van der Waals surface area contributed by atoms with Gasteiger partial charge in [-0.15, -0.1) is 0 Å². The van der Waals surface area contributed by atoms with Gasteiger partial charge in [0, 0.05) is 10.6 Å². The van der Waals surface area contributed by atoms with Crippen molar-refractivity contribution in [1.82, 2.24) is 5.32 Å².